The molecule has 0 spiro atoms. The number of nitrogens with zero attached hydrogens (tertiary/aromatic N) is 1. The first kappa shape index (κ1) is 28.6. The third-order valence-electron chi connectivity index (χ3n) is 10.7. The zero-order valence-corrected chi connectivity index (χ0v) is 25.6. The van der Waals surface area contributed by atoms with E-state index >= 15 is 0 Å². The molecule has 2 aromatic carbocycles. The van der Waals surface area contributed by atoms with E-state index in [-0.39, 0.29) is 35.0 Å². The van der Waals surface area contributed by atoms with Crippen molar-refractivity contribution < 1.29 is 17.9 Å². The monoisotopic (exact) mass is 573 g/mol. The zero-order chi connectivity index (χ0) is 29.0. The van der Waals surface area contributed by atoms with Crippen molar-refractivity contribution in [2.75, 3.05) is 13.2 Å². The molecule has 218 valence electrons. The molecule has 0 radical (unpaired) electrons. The van der Waals surface area contributed by atoms with Crippen LogP contribution in [0.4, 0.5) is 0 Å². The topological polar surface area (TPSA) is 63.7 Å². The van der Waals surface area contributed by atoms with Gasteiger partial charge in [-0.2, -0.15) is 4.31 Å². The van der Waals surface area contributed by atoms with E-state index in [1.807, 2.05) is 41.6 Å². The predicted molar refractivity (Wildman–Crippen MR) is 162 cm³/mol. The standard InChI is InChI=1S/C35H43NO4S/c1-24(2)29-17-18-34(4)27-21-30-31(11-8-12-32(30)37)35(34,19-20-40-23-26-9-6-5-7-10-26)33(29)36(22-27)41(38,39)28-15-13-25(3)14-16-28/h5-7,9-10,13-18,24,27,29,33H,8,11-12,19-23H2,1-4H3/t27-,29-,33+,34+,35+/m1/s1. The molecule has 3 aliphatic carbocycles. The first-order valence-electron chi connectivity index (χ1n) is 15.2. The molecule has 0 unspecified atom stereocenters. The molecule has 6 rings (SSSR count). The third-order valence-corrected chi connectivity index (χ3v) is 12.6. The average Bonchev–Trinajstić information content (AvgIpc) is 2.94. The Morgan fingerprint density at radius 3 is 2.49 bits per heavy atom. The molecular weight excluding hydrogens is 530 g/mol. The number of hydrogen-bond acceptors (Lipinski definition) is 4. The predicted octanol–water partition coefficient (Wildman–Crippen LogP) is 6.88. The van der Waals surface area contributed by atoms with Crippen LogP contribution in [0, 0.1) is 35.5 Å². The van der Waals surface area contributed by atoms with Gasteiger partial charge in [-0.15, -0.1) is 0 Å². The summed E-state index contributed by atoms with van der Waals surface area (Å²) in [5, 5.41) is 0. The molecular formula is C35H43NO4S. The van der Waals surface area contributed by atoms with Gasteiger partial charge in [-0.05, 0) is 73.6 Å². The van der Waals surface area contributed by atoms with Crippen LogP contribution in [0.25, 0.3) is 0 Å². The van der Waals surface area contributed by atoms with Crippen LogP contribution in [0.5, 0.6) is 0 Å². The van der Waals surface area contributed by atoms with Gasteiger partial charge in [-0.25, -0.2) is 8.42 Å². The smallest absolute Gasteiger partial charge is 0.243 e. The molecule has 0 amide bonds. The van der Waals surface area contributed by atoms with E-state index in [2.05, 4.69) is 45.1 Å². The fraction of sp³-hybridized carbons (Fsp3) is 0.514. The van der Waals surface area contributed by atoms with Crippen molar-refractivity contribution in [1.82, 2.24) is 4.31 Å². The third kappa shape index (κ3) is 4.49. The van der Waals surface area contributed by atoms with Crippen LogP contribution in [-0.2, 0) is 26.2 Å². The highest BCUT2D eigenvalue weighted by Gasteiger charge is 2.69. The summed E-state index contributed by atoms with van der Waals surface area (Å²) in [6.07, 6.45) is 8.35. The Kier molecular flexibility index (Phi) is 7.40. The minimum Gasteiger partial charge on any atom is -0.377 e. The number of sulfonamides is 1. The number of rotatable bonds is 8. The van der Waals surface area contributed by atoms with Crippen molar-refractivity contribution in [3.8, 4) is 0 Å². The Hall–Kier alpha value is -2.54. The molecule has 41 heavy (non-hydrogen) atoms. The maximum atomic E-state index is 14.6. The number of piperidine rings is 1. The van der Waals surface area contributed by atoms with Crippen molar-refractivity contribution in [3.05, 3.63) is 89.0 Å². The summed E-state index contributed by atoms with van der Waals surface area (Å²) in [4.78, 5) is 13.8. The molecule has 5 nitrogen and oxygen atoms in total. The molecule has 2 aromatic rings. The number of allylic oxidation sites excluding steroid dienone is 2. The number of ketones is 1. The van der Waals surface area contributed by atoms with Gasteiger partial charge < -0.3 is 4.74 Å². The Bertz CT molecular complexity index is 1480. The van der Waals surface area contributed by atoms with Crippen LogP contribution in [0.3, 0.4) is 0 Å². The van der Waals surface area contributed by atoms with Crippen LogP contribution in [0.1, 0.15) is 64.0 Å². The number of aryl methyl sites for hydroxylation is 1. The molecule has 0 aromatic heterocycles. The number of carbonyl (C=O) groups is 1. The van der Waals surface area contributed by atoms with Gasteiger partial charge in [0.25, 0.3) is 0 Å². The quantitative estimate of drug-likeness (QED) is 0.255. The molecule has 1 saturated heterocycles. The molecule has 1 fully saturated rings. The minimum atomic E-state index is -3.78. The molecule has 0 N–H and O–H groups in total. The number of Topliss-reactive ketones (excluding diaryl/α,β-unsaturated/α-hetero) is 1. The van der Waals surface area contributed by atoms with Gasteiger partial charge >= 0.3 is 0 Å². The van der Waals surface area contributed by atoms with Crippen LogP contribution in [0.15, 0.2) is 82.8 Å². The first-order valence-corrected chi connectivity index (χ1v) is 16.7. The highest BCUT2D eigenvalue weighted by Crippen LogP contribution is 2.69. The zero-order valence-electron chi connectivity index (χ0n) is 24.8. The fourth-order valence-electron chi connectivity index (χ4n) is 8.57. The summed E-state index contributed by atoms with van der Waals surface area (Å²) < 4.78 is 37.3. The van der Waals surface area contributed by atoms with E-state index < -0.39 is 15.4 Å². The molecule has 1 aliphatic heterocycles. The van der Waals surface area contributed by atoms with Gasteiger partial charge in [0.2, 0.25) is 10.0 Å². The SMILES string of the molecule is Cc1ccc(S(=O)(=O)N2C[C@H]3CC4=C(CCCC4=O)[C@@]4(CCOCc5ccccc5)[C@@H]2[C@@H](C(C)C)C=C[C@@]34C)cc1. The van der Waals surface area contributed by atoms with E-state index in [9.17, 15) is 13.2 Å². The molecule has 1 heterocycles. The largest absolute Gasteiger partial charge is 0.377 e. The lowest BCUT2D eigenvalue weighted by Crippen LogP contribution is -2.71. The van der Waals surface area contributed by atoms with Gasteiger partial charge in [0.1, 0.15) is 0 Å². The number of hydrogen-bond donors (Lipinski definition) is 0. The molecule has 4 bridgehead atoms. The second-order valence-corrected chi connectivity index (χ2v) is 15.1. The Labute approximate surface area is 245 Å². The van der Waals surface area contributed by atoms with E-state index in [1.165, 1.54) is 5.57 Å². The number of carbonyl (C=O) groups excluding carboxylic acids is 1. The summed E-state index contributed by atoms with van der Waals surface area (Å²) in [6.45, 7) is 10.2. The van der Waals surface area contributed by atoms with Crippen LogP contribution in [-0.4, -0.2) is 37.7 Å². The maximum Gasteiger partial charge on any atom is 0.243 e. The van der Waals surface area contributed by atoms with Gasteiger partial charge in [-0.3, -0.25) is 4.79 Å². The molecule has 5 atom stereocenters. The normalized spacial score (nSPS) is 31.4. The highest BCUT2D eigenvalue weighted by atomic mass is 32.2. The van der Waals surface area contributed by atoms with Crippen molar-refractivity contribution >= 4 is 15.8 Å². The van der Waals surface area contributed by atoms with E-state index in [4.69, 9.17) is 4.74 Å². The Morgan fingerprint density at radius 1 is 1.05 bits per heavy atom. The first-order chi connectivity index (χ1) is 19.6. The lowest BCUT2D eigenvalue weighted by atomic mass is 9.40. The molecule has 0 saturated carbocycles. The summed E-state index contributed by atoms with van der Waals surface area (Å²) in [5.74, 6) is 0.563. The maximum absolute atomic E-state index is 14.6. The molecule has 4 aliphatic rings. The Morgan fingerprint density at radius 2 is 1.78 bits per heavy atom. The van der Waals surface area contributed by atoms with E-state index in [1.54, 1.807) is 12.1 Å². The Balaban J connectivity index is 1.50. The van der Waals surface area contributed by atoms with Crippen molar-refractivity contribution in [2.45, 2.75) is 77.3 Å². The van der Waals surface area contributed by atoms with Crippen molar-refractivity contribution in [1.29, 1.82) is 0 Å². The second kappa shape index (κ2) is 10.6. The van der Waals surface area contributed by atoms with Gasteiger partial charge in [0.15, 0.2) is 5.78 Å². The summed E-state index contributed by atoms with van der Waals surface area (Å²) >= 11 is 0. The minimum absolute atomic E-state index is 0.0262. The lowest BCUT2D eigenvalue weighted by molar-refractivity contribution is -0.125. The van der Waals surface area contributed by atoms with Gasteiger partial charge in [-0.1, -0.05) is 86.5 Å². The van der Waals surface area contributed by atoms with Gasteiger partial charge in [0.05, 0.1) is 11.5 Å². The number of ether oxygens (including phenoxy) is 1. The highest BCUT2D eigenvalue weighted by molar-refractivity contribution is 7.89. The van der Waals surface area contributed by atoms with E-state index in [0.717, 1.165) is 29.5 Å². The lowest BCUT2D eigenvalue weighted by Gasteiger charge is -2.69. The van der Waals surface area contributed by atoms with Crippen LogP contribution >= 0.6 is 0 Å². The second-order valence-electron chi connectivity index (χ2n) is 13.2. The van der Waals surface area contributed by atoms with E-state index in [0.29, 0.717) is 43.9 Å². The van der Waals surface area contributed by atoms with Gasteiger partial charge in [0, 0.05) is 36.4 Å². The van der Waals surface area contributed by atoms with Crippen LogP contribution in [0.2, 0.25) is 0 Å². The van der Waals surface area contributed by atoms with Crippen molar-refractivity contribution in [2.24, 2.45) is 28.6 Å². The average molecular weight is 574 g/mol. The van der Waals surface area contributed by atoms with Crippen LogP contribution < -0.4 is 0 Å². The van der Waals surface area contributed by atoms with Crippen molar-refractivity contribution in [3.63, 3.8) is 0 Å². The number of benzene rings is 2. The summed E-state index contributed by atoms with van der Waals surface area (Å²) in [5.41, 5.74) is 3.62. The summed E-state index contributed by atoms with van der Waals surface area (Å²) in [7, 11) is -3.78. The summed E-state index contributed by atoms with van der Waals surface area (Å²) in [6, 6.07) is 17.2. The fourth-order valence-corrected chi connectivity index (χ4v) is 10.3. The molecule has 6 heteroatoms.